The Morgan fingerprint density at radius 2 is 1.81 bits per heavy atom. The fraction of sp³-hybridized carbons (Fsp3) is 0.381. The van der Waals surface area contributed by atoms with Gasteiger partial charge in [-0.3, -0.25) is 4.79 Å². The van der Waals surface area contributed by atoms with E-state index in [4.69, 9.17) is 14.2 Å². The standard InChI is InChI=1S/C21H27NO4/c1-5-18(26-20-9-7-6-8-19(20)24-4)21(23)22-12-13-25-17-11-10-15(2)16(3)14-17/h6-11,14,18H,5,12-13H2,1-4H3,(H,22,23)/t18-/m0/s1. The number of carbonyl (C=O) groups excluding carboxylic acids is 1. The second-order valence-corrected chi connectivity index (χ2v) is 6.05. The van der Waals surface area contributed by atoms with E-state index in [1.54, 1.807) is 19.2 Å². The van der Waals surface area contributed by atoms with Gasteiger partial charge in [-0.05, 0) is 55.7 Å². The minimum Gasteiger partial charge on any atom is -0.493 e. The molecule has 0 saturated carbocycles. The molecule has 0 fully saturated rings. The summed E-state index contributed by atoms with van der Waals surface area (Å²) in [6.45, 7) is 6.83. The number of rotatable bonds is 9. The van der Waals surface area contributed by atoms with Crippen molar-refractivity contribution in [1.82, 2.24) is 5.32 Å². The average Bonchev–Trinajstić information content (AvgIpc) is 2.66. The third-order valence-corrected chi connectivity index (χ3v) is 4.15. The van der Waals surface area contributed by atoms with Crippen LogP contribution in [-0.4, -0.2) is 32.3 Å². The molecule has 0 aromatic heterocycles. The third-order valence-electron chi connectivity index (χ3n) is 4.15. The van der Waals surface area contributed by atoms with Crippen molar-refractivity contribution in [2.45, 2.75) is 33.3 Å². The van der Waals surface area contributed by atoms with Gasteiger partial charge in [-0.1, -0.05) is 25.1 Å². The summed E-state index contributed by atoms with van der Waals surface area (Å²) in [4.78, 5) is 12.4. The Hall–Kier alpha value is -2.69. The summed E-state index contributed by atoms with van der Waals surface area (Å²) >= 11 is 0. The van der Waals surface area contributed by atoms with E-state index in [1.165, 1.54) is 11.1 Å². The molecule has 0 heterocycles. The summed E-state index contributed by atoms with van der Waals surface area (Å²) in [6.07, 6.45) is -0.0186. The molecule has 26 heavy (non-hydrogen) atoms. The van der Waals surface area contributed by atoms with Crippen molar-refractivity contribution in [2.24, 2.45) is 0 Å². The summed E-state index contributed by atoms with van der Waals surface area (Å²) in [5.74, 6) is 1.81. The minimum atomic E-state index is -0.576. The molecule has 0 radical (unpaired) electrons. The highest BCUT2D eigenvalue weighted by Gasteiger charge is 2.19. The Kier molecular flexibility index (Phi) is 7.33. The molecule has 2 rings (SSSR count). The van der Waals surface area contributed by atoms with E-state index in [1.807, 2.05) is 44.2 Å². The lowest BCUT2D eigenvalue weighted by Crippen LogP contribution is -2.39. The highest BCUT2D eigenvalue weighted by molar-refractivity contribution is 5.81. The maximum Gasteiger partial charge on any atom is 0.261 e. The number of ether oxygens (including phenoxy) is 3. The molecular formula is C21H27NO4. The molecular weight excluding hydrogens is 330 g/mol. The number of hydrogen-bond donors (Lipinski definition) is 1. The summed E-state index contributed by atoms with van der Waals surface area (Å²) < 4.78 is 16.8. The highest BCUT2D eigenvalue weighted by atomic mass is 16.5. The first-order valence-corrected chi connectivity index (χ1v) is 8.82. The molecule has 5 heteroatoms. The molecule has 0 aliphatic rings. The quantitative estimate of drug-likeness (QED) is 0.696. The second kappa shape index (κ2) is 9.70. The second-order valence-electron chi connectivity index (χ2n) is 6.05. The number of carbonyl (C=O) groups is 1. The zero-order valence-corrected chi connectivity index (χ0v) is 15.9. The number of methoxy groups -OCH3 is 1. The first-order chi connectivity index (χ1) is 12.5. The van der Waals surface area contributed by atoms with Gasteiger partial charge in [0.2, 0.25) is 0 Å². The Balaban J connectivity index is 1.82. The van der Waals surface area contributed by atoms with Crippen molar-refractivity contribution in [2.75, 3.05) is 20.3 Å². The lowest BCUT2D eigenvalue weighted by atomic mass is 10.1. The van der Waals surface area contributed by atoms with Crippen molar-refractivity contribution >= 4 is 5.91 Å². The van der Waals surface area contributed by atoms with Crippen molar-refractivity contribution in [3.63, 3.8) is 0 Å². The van der Waals surface area contributed by atoms with Gasteiger partial charge in [0, 0.05) is 0 Å². The predicted octanol–water partition coefficient (Wildman–Crippen LogP) is 3.66. The van der Waals surface area contributed by atoms with E-state index in [0.717, 1.165) is 5.75 Å². The number of amides is 1. The summed E-state index contributed by atoms with van der Waals surface area (Å²) in [6, 6.07) is 13.3. The van der Waals surface area contributed by atoms with Gasteiger partial charge in [0.05, 0.1) is 13.7 Å². The van der Waals surface area contributed by atoms with Crippen LogP contribution in [0.2, 0.25) is 0 Å². The van der Waals surface area contributed by atoms with E-state index in [0.29, 0.717) is 31.1 Å². The van der Waals surface area contributed by atoms with Gasteiger partial charge in [-0.2, -0.15) is 0 Å². The predicted molar refractivity (Wildman–Crippen MR) is 102 cm³/mol. The van der Waals surface area contributed by atoms with Crippen LogP contribution in [0, 0.1) is 13.8 Å². The molecule has 0 unspecified atom stereocenters. The zero-order chi connectivity index (χ0) is 18.9. The van der Waals surface area contributed by atoms with Gasteiger partial charge in [0.15, 0.2) is 17.6 Å². The summed E-state index contributed by atoms with van der Waals surface area (Å²) in [5.41, 5.74) is 2.41. The smallest absolute Gasteiger partial charge is 0.261 e. The van der Waals surface area contributed by atoms with Crippen LogP contribution in [0.25, 0.3) is 0 Å². The molecule has 0 bridgehead atoms. The van der Waals surface area contributed by atoms with Gasteiger partial charge in [-0.25, -0.2) is 0 Å². The van der Waals surface area contributed by atoms with Crippen LogP contribution >= 0.6 is 0 Å². The van der Waals surface area contributed by atoms with Gasteiger partial charge in [0.1, 0.15) is 12.4 Å². The van der Waals surface area contributed by atoms with Crippen LogP contribution in [0.1, 0.15) is 24.5 Å². The van der Waals surface area contributed by atoms with Crippen LogP contribution < -0.4 is 19.5 Å². The van der Waals surface area contributed by atoms with Gasteiger partial charge in [-0.15, -0.1) is 0 Å². The Bertz CT molecular complexity index is 730. The molecule has 0 spiro atoms. The fourth-order valence-electron chi connectivity index (χ4n) is 2.45. The summed E-state index contributed by atoms with van der Waals surface area (Å²) in [7, 11) is 1.58. The van der Waals surface area contributed by atoms with Crippen LogP contribution in [-0.2, 0) is 4.79 Å². The van der Waals surface area contributed by atoms with E-state index in [2.05, 4.69) is 12.2 Å². The third kappa shape index (κ3) is 5.41. The molecule has 2 aromatic carbocycles. The SMILES string of the molecule is CC[C@H](Oc1ccccc1OC)C(=O)NCCOc1ccc(C)c(C)c1. The summed E-state index contributed by atoms with van der Waals surface area (Å²) in [5, 5.41) is 2.86. The number of nitrogens with one attached hydrogen (secondary N) is 1. The van der Waals surface area contributed by atoms with Crippen molar-refractivity contribution in [1.29, 1.82) is 0 Å². The monoisotopic (exact) mass is 357 g/mol. The maximum absolute atomic E-state index is 12.4. The molecule has 1 N–H and O–H groups in total. The van der Waals surface area contributed by atoms with E-state index in [9.17, 15) is 4.79 Å². The topological polar surface area (TPSA) is 56.8 Å². The zero-order valence-electron chi connectivity index (χ0n) is 15.9. The van der Waals surface area contributed by atoms with Crippen molar-refractivity contribution in [3.05, 3.63) is 53.6 Å². The molecule has 1 atom stereocenters. The van der Waals surface area contributed by atoms with Crippen LogP contribution in [0.5, 0.6) is 17.2 Å². The lowest BCUT2D eigenvalue weighted by molar-refractivity contribution is -0.128. The first kappa shape index (κ1) is 19.6. The molecule has 0 aliphatic carbocycles. The molecule has 140 valence electrons. The number of benzene rings is 2. The number of para-hydroxylation sites is 2. The lowest BCUT2D eigenvalue weighted by Gasteiger charge is -2.19. The van der Waals surface area contributed by atoms with E-state index >= 15 is 0 Å². The van der Waals surface area contributed by atoms with E-state index < -0.39 is 6.10 Å². The highest BCUT2D eigenvalue weighted by Crippen LogP contribution is 2.27. The van der Waals surface area contributed by atoms with Crippen LogP contribution in [0.15, 0.2) is 42.5 Å². The molecule has 1 amide bonds. The largest absolute Gasteiger partial charge is 0.493 e. The van der Waals surface area contributed by atoms with Crippen LogP contribution in [0.4, 0.5) is 0 Å². The average molecular weight is 357 g/mol. The fourth-order valence-corrected chi connectivity index (χ4v) is 2.45. The Labute approximate surface area is 155 Å². The molecule has 0 saturated heterocycles. The van der Waals surface area contributed by atoms with Crippen LogP contribution in [0.3, 0.4) is 0 Å². The molecule has 2 aromatic rings. The molecule has 0 aliphatic heterocycles. The molecule has 5 nitrogen and oxygen atoms in total. The Morgan fingerprint density at radius 1 is 1.08 bits per heavy atom. The normalized spacial score (nSPS) is 11.5. The minimum absolute atomic E-state index is 0.165. The Morgan fingerprint density at radius 3 is 2.46 bits per heavy atom. The van der Waals surface area contributed by atoms with Gasteiger partial charge >= 0.3 is 0 Å². The van der Waals surface area contributed by atoms with Crippen molar-refractivity contribution < 1.29 is 19.0 Å². The maximum atomic E-state index is 12.4. The number of hydrogen-bond acceptors (Lipinski definition) is 4. The first-order valence-electron chi connectivity index (χ1n) is 8.82. The van der Waals surface area contributed by atoms with Gasteiger partial charge < -0.3 is 19.5 Å². The number of aryl methyl sites for hydroxylation is 2. The van der Waals surface area contributed by atoms with Gasteiger partial charge in [0.25, 0.3) is 5.91 Å². The van der Waals surface area contributed by atoms with Crippen molar-refractivity contribution in [3.8, 4) is 17.2 Å². The van der Waals surface area contributed by atoms with E-state index in [-0.39, 0.29) is 5.91 Å².